The van der Waals surface area contributed by atoms with Gasteiger partial charge in [-0.25, -0.2) is 0 Å². The number of nitrogen functional groups attached to an aromatic ring is 2. The largest absolute Gasteiger partial charge is 0.397 e. The zero-order valence-corrected chi connectivity index (χ0v) is 28.9. The Morgan fingerprint density at radius 3 is 0.960 bits per heavy atom. The SMILES string of the molecule is CC(C)=Nc1cc(N=C(C)C)c(Nc2ccccc2)cc1Nc1ccccc1.Nc1cc(N)c(Nc2ccccc2)cc1Nc1ccccc1. The van der Waals surface area contributed by atoms with E-state index in [9.17, 15) is 0 Å². The smallest absolute Gasteiger partial charge is 0.0886 e. The average Bonchev–Trinajstić information content (AvgIpc) is 3.10. The summed E-state index contributed by atoms with van der Waals surface area (Å²) in [5, 5.41) is 13.6. The lowest BCUT2D eigenvalue weighted by atomic mass is 10.1. The Kier molecular flexibility index (Phi) is 11.8. The highest BCUT2D eigenvalue weighted by atomic mass is 15.0. The molecule has 6 aromatic carbocycles. The van der Waals surface area contributed by atoms with E-state index in [-0.39, 0.29) is 0 Å². The van der Waals surface area contributed by atoms with Crippen LogP contribution in [-0.4, -0.2) is 11.4 Å². The number of nitrogens with two attached hydrogens (primary N) is 2. The maximum Gasteiger partial charge on any atom is 0.0886 e. The van der Waals surface area contributed by atoms with E-state index in [0.29, 0.717) is 11.4 Å². The topological polar surface area (TPSA) is 125 Å². The van der Waals surface area contributed by atoms with Crippen molar-refractivity contribution in [1.29, 1.82) is 0 Å². The molecule has 0 fully saturated rings. The van der Waals surface area contributed by atoms with E-state index in [4.69, 9.17) is 21.5 Å². The molecule has 0 aromatic heterocycles. The van der Waals surface area contributed by atoms with Crippen LogP contribution in [0.4, 0.5) is 68.2 Å². The summed E-state index contributed by atoms with van der Waals surface area (Å²) in [5.74, 6) is 0. The van der Waals surface area contributed by atoms with Gasteiger partial charge in [0.25, 0.3) is 0 Å². The first kappa shape index (κ1) is 34.8. The molecular weight excluding hydrogens is 617 g/mol. The molecule has 6 rings (SSSR count). The Bertz CT molecular complexity index is 1890. The first-order chi connectivity index (χ1) is 24.2. The molecule has 0 spiro atoms. The predicted octanol–water partition coefficient (Wildman–Crippen LogP) is 11.7. The van der Waals surface area contributed by atoms with Crippen LogP contribution < -0.4 is 32.7 Å². The molecule has 8 heteroatoms. The summed E-state index contributed by atoms with van der Waals surface area (Å²) in [7, 11) is 0. The molecule has 0 atom stereocenters. The van der Waals surface area contributed by atoms with Crippen LogP contribution in [0.1, 0.15) is 27.7 Å². The maximum absolute atomic E-state index is 6.06. The Hall–Kier alpha value is -6.54. The number of para-hydroxylation sites is 4. The van der Waals surface area contributed by atoms with Crippen LogP contribution in [0.5, 0.6) is 0 Å². The Labute approximate surface area is 295 Å². The van der Waals surface area contributed by atoms with E-state index in [2.05, 4.69) is 27.3 Å². The fourth-order valence-electron chi connectivity index (χ4n) is 5.00. The number of aliphatic imine (C=N–C) groups is 2. The molecule has 50 heavy (non-hydrogen) atoms. The second-order valence-corrected chi connectivity index (χ2v) is 12.0. The first-order valence-corrected chi connectivity index (χ1v) is 16.4. The van der Waals surface area contributed by atoms with Crippen molar-refractivity contribution in [3.8, 4) is 0 Å². The fraction of sp³-hybridized carbons (Fsp3) is 0.0952. The van der Waals surface area contributed by atoms with Gasteiger partial charge in [-0.2, -0.15) is 0 Å². The fourth-order valence-corrected chi connectivity index (χ4v) is 5.00. The van der Waals surface area contributed by atoms with Crippen molar-refractivity contribution in [2.45, 2.75) is 27.7 Å². The molecule has 0 amide bonds. The van der Waals surface area contributed by atoms with Gasteiger partial charge in [0, 0.05) is 34.2 Å². The monoisotopic (exact) mass is 660 g/mol. The number of nitrogens with one attached hydrogen (secondary N) is 4. The zero-order chi connectivity index (χ0) is 35.3. The third-order valence-electron chi connectivity index (χ3n) is 7.24. The van der Waals surface area contributed by atoms with E-state index < -0.39 is 0 Å². The molecule has 252 valence electrons. The minimum atomic E-state index is 0.611. The van der Waals surface area contributed by atoms with Gasteiger partial charge in [0.15, 0.2) is 0 Å². The van der Waals surface area contributed by atoms with Gasteiger partial charge in [0.1, 0.15) is 0 Å². The molecule has 8 N–H and O–H groups in total. The number of anilines is 10. The Morgan fingerprint density at radius 1 is 0.380 bits per heavy atom. The highest BCUT2D eigenvalue weighted by Gasteiger charge is 2.11. The van der Waals surface area contributed by atoms with Gasteiger partial charge in [-0.1, -0.05) is 72.8 Å². The number of hydrogen-bond acceptors (Lipinski definition) is 8. The van der Waals surface area contributed by atoms with Crippen LogP contribution in [-0.2, 0) is 0 Å². The molecule has 6 aromatic rings. The molecule has 0 aliphatic rings. The molecule has 0 saturated heterocycles. The van der Waals surface area contributed by atoms with Gasteiger partial charge < -0.3 is 32.7 Å². The van der Waals surface area contributed by atoms with Crippen molar-refractivity contribution < 1.29 is 0 Å². The molecule has 0 heterocycles. The van der Waals surface area contributed by atoms with Crippen molar-refractivity contribution in [2.24, 2.45) is 9.98 Å². The van der Waals surface area contributed by atoms with Crippen LogP contribution in [0.3, 0.4) is 0 Å². The first-order valence-electron chi connectivity index (χ1n) is 16.4. The molecular formula is C42H44N8. The van der Waals surface area contributed by atoms with Crippen LogP contribution in [0.25, 0.3) is 0 Å². The minimum absolute atomic E-state index is 0.611. The maximum atomic E-state index is 6.06. The summed E-state index contributed by atoms with van der Waals surface area (Å²) in [6.45, 7) is 7.99. The van der Waals surface area contributed by atoms with Crippen LogP contribution in [0.2, 0.25) is 0 Å². The Morgan fingerprint density at radius 2 is 0.660 bits per heavy atom. The lowest BCUT2D eigenvalue weighted by Gasteiger charge is -2.16. The van der Waals surface area contributed by atoms with Gasteiger partial charge in [0.2, 0.25) is 0 Å². The quantitative estimate of drug-likeness (QED) is 0.0641. The molecule has 0 saturated carbocycles. The van der Waals surface area contributed by atoms with Crippen molar-refractivity contribution in [3.05, 3.63) is 146 Å². The highest BCUT2D eigenvalue weighted by Crippen LogP contribution is 2.40. The number of hydrogen-bond donors (Lipinski definition) is 6. The van der Waals surface area contributed by atoms with Crippen LogP contribution in [0, 0.1) is 0 Å². The third kappa shape index (κ3) is 10.2. The Balaban J connectivity index is 0.000000200. The van der Waals surface area contributed by atoms with E-state index in [1.54, 1.807) is 6.07 Å². The summed E-state index contributed by atoms with van der Waals surface area (Å²) in [5.41, 5.74) is 24.5. The molecule has 8 nitrogen and oxygen atoms in total. The normalized spacial score (nSPS) is 10.2. The van der Waals surface area contributed by atoms with Crippen molar-refractivity contribution in [1.82, 2.24) is 0 Å². The van der Waals surface area contributed by atoms with Gasteiger partial charge >= 0.3 is 0 Å². The van der Waals surface area contributed by atoms with Gasteiger partial charge in [-0.3, -0.25) is 9.98 Å². The minimum Gasteiger partial charge on any atom is -0.397 e. The van der Waals surface area contributed by atoms with Crippen molar-refractivity contribution in [2.75, 3.05) is 32.7 Å². The second kappa shape index (κ2) is 17.0. The molecule has 0 aliphatic carbocycles. The number of benzene rings is 6. The van der Waals surface area contributed by atoms with Crippen LogP contribution in [0.15, 0.2) is 156 Å². The van der Waals surface area contributed by atoms with Crippen molar-refractivity contribution in [3.63, 3.8) is 0 Å². The van der Waals surface area contributed by atoms with E-state index in [1.807, 2.05) is 161 Å². The van der Waals surface area contributed by atoms with E-state index >= 15 is 0 Å². The highest BCUT2D eigenvalue weighted by molar-refractivity contribution is 5.93. The van der Waals surface area contributed by atoms with Gasteiger partial charge in [-0.05, 0) is 100 Å². The summed E-state index contributed by atoms with van der Waals surface area (Å²) in [6, 6.07) is 47.8. The lowest BCUT2D eigenvalue weighted by molar-refractivity contribution is 1.40. The average molecular weight is 661 g/mol. The molecule has 0 bridgehead atoms. The number of rotatable bonds is 10. The van der Waals surface area contributed by atoms with Gasteiger partial charge in [0.05, 0.1) is 45.5 Å². The van der Waals surface area contributed by atoms with E-state index in [1.165, 1.54) is 0 Å². The molecule has 0 aliphatic heterocycles. The van der Waals surface area contributed by atoms with Gasteiger partial charge in [-0.15, -0.1) is 0 Å². The molecule has 0 unspecified atom stereocenters. The summed E-state index contributed by atoms with van der Waals surface area (Å²) in [4.78, 5) is 9.46. The predicted molar refractivity (Wildman–Crippen MR) is 217 cm³/mol. The lowest BCUT2D eigenvalue weighted by Crippen LogP contribution is -2.02. The summed E-state index contributed by atoms with van der Waals surface area (Å²) < 4.78 is 0. The number of nitrogens with zero attached hydrogens (tertiary/aromatic N) is 2. The van der Waals surface area contributed by atoms with Crippen LogP contribution >= 0.6 is 0 Å². The molecule has 0 radical (unpaired) electrons. The van der Waals surface area contributed by atoms with Crippen molar-refractivity contribution >= 4 is 79.7 Å². The standard InChI is InChI=1S/C24H26N4.C18H18N4/c1-17(2)25-21-15-22(26-18(3)4)24(28-20-13-9-6-10-14-20)16-23(21)27-19-11-7-5-8-12-19;19-15-11-16(20)18(22-14-9-5-2-6-10-14)12-17(15)21-13-7-3-1-4-8-13/h5-16,27-28H,1-4H3;1-12,21-22H,19-20H2. The van der Waals surface area contributed by atoms with E-state index in [0.717, 1.165) is 68.3 Å². The summed E-state index contributed by atoms with van der Waals surface area (Å²) >= 11 is 0. The second-order valence-electron chi connectivity index (χ2n) is 12.0. The summed E-state index contributed by atoms with van der Waals surface area (Å²) in [6.07, 6.45) is 0. The third-order valence-corrected chi connectivity index (χ3v) is 7.24. The zero-order valence-electron chi connectivity index (χ0n) is 28.9.